The lowest BCUT2D eigenvalue weighted by Gasteiger charge is -2.29. The van der Waals surface area contributed by atoms with E-state index in [0.29, 0.717) is 18.7 Å². The van der Waals surface area contributed by atoms with Gasteiger partial charge in [-0.2, -0.15) is 4.72 Å². The first kappa shape index (κ1) is 22.9. The van der Waals surface area contributed by atoms with E-state index in [-0.39, 0.29) is 23.1 Å². The number of sulfonamides is 1. The number of nitrogens with two attached hydrogens (primary N) is 2. The molecule has 1 heterocycles. The van der Waals surface area contributed by atoms with Gasteiger partial charge in [-0.05, 0) is 41.0 Å². The van der Waals surface area contributed by atoms with Crippen LogP contribution >= 0.6 is 0 Å². The number of hydrogen-bond acceptors (Lipinski definition) is 4. The molecule has 0 aromatic heterocycles. The van der Waals surface area contributed by atoms with Crippen molar-refractivity contribution in [3.05, 3.63) is 77.9 Å². The highest BCUT2D eigenvalue weighted by molar-refractivity contribution is 7.89. The van der Waals surface area contributed by atoms with Crippen LogP contribution in [0.25, 0.3) is 10.8 Å². The van der Waals surface area contributed by atoms with Crippen LogP contribution in [0.3, 0.4) is 0 Å². The summed E-state index contributed by atoms with van der Waals surface area (Å²) in [5.74, 6) is -0.330. The molecule has 1 unspecified atom stereocenters. The van der Waals surface area contributed by atoms with Crippen LogP contribution in [0.1, 0.15) is 11.1 Å². The van der Waals surface area contributed by atoms with Crippen molar-refractivity contribution in [1.82, 2.24) is 9.62 Å². The molecular weight excluding hydrogens is 438 g/mol. The molecule has 0 aliphatic carbocycles. The van der Waals surface area contributed by atoms with E-state index in [1.54, 1.807) is 47.4 Å². The molecule has 3 aromatic carbocycles. The molecule has 33 heavy (non-hydrogen) atoms. The van der Waals surface area contributed by atoms with E-state index < -0.39 is 16.1 Å². The van der Waals surface area contributed by atoms with Gasteiger partial charge in [0.15, 0.2) is 0 Å². The maximum atomic E-state index is 13.4. The average molecular weight is 467 g/mol. The van der Waals surface area contributed by atoms with Gasteiger partial charge in [0.1, 0.15) is 11.9 Å². The Morgan fingerprint density at radius 1 is 1.03 bits per heavy atom. The van der Waals surface area contributed by atoms with Gasteiger partial charge in [0.25, 0.3) is 0 Å². The van der Waals surface area contributed by atoms with Crippen LogP contribution in [-0.4, -0.2) is 57.3 Å². The number of carbonyl (C=O) groups excluding carboxylic acids is 1. The zero-order chi connectivity index (χ0) is 23.4. The van der Waals surface area contributed by atoms with Gasteiger partial charge in [0, 0.05) is 5.56 Å². The maximum Gasteiger partial charge on any atom is 0.241 e. The average Bonchev–Trinajstić information content (AvgIpc) is 2.83. The third-order valence-corrected chi connectivity index (χ3v) is 7.29. The lowest BCUT2D eigenvalue weighted by atomic mass is 10.0. The lowest BCUT2D eigenvalue weighted by molar-refractivity contribution is -0.662. The van der Waals surface area contributed by atoms with Crippen molar-refractivity contribution in [2.24, 2.45) is 5.73 Å². The zero-order valence-electron chi connectivity index (χ0n) is 18.2. The van der Waals surface area contributed by atoms with Crippen molar-refractivity contribution in [2.75, 3.05) is 26.2 Å². The van der Waals surface area contributed by atoms with Crippen molar-refractivity contribution in [3.63, 3.8) is 0 Å². The first-order valence-corrected chi connectivity index (χ1v) is 12.4. The predicted molar refractivity (Wildman–Crippen MR) is 127 cm³/mol. The Balaban J connectivity index is 1.64. The second kappa shape index (κ2) is 9.70. The van der Waals surface area contributed by atoms with Gasteiger partial charge >= 0.3 is 0 Å². The van der Waals surface area contributed by atoms with Crippen molar-refractivity contribution < 1.29 is 18.5 Å². The topological polar surface area (TPSA) is 133 Å². The molecule has 8 nitrogen and oxygen atoms in total. The Hall–Kier alpha value is -3.27. The fraction of sp³-hybridized carbons (Fsp3) is 0.250. The number of fused-ring (bicyclic) bond motifs is 1. The molecular formula is C24H28N5O3S+. The monoisotopic (exact) mass is 466 g/mol. The highest BCUT2D eigenvalue weighted by atomic mass is 32.2. The molecule has 6 N–H and O–H groups in total. The minimum atomic E-state index is -3.95. The molecule has 9 heteroatoms. The number of nitrogen functional groups attached to an aromatic ring is 1. The Morgan fingerprint density at radius 3 is 2.48 bits per heavy atom. The Morgan fingerprint density at radius 2 is 1.76 bits per heavy atom. The summed E-state index contributed by atoms with van der Waals surface area (Å²) >= 11 is 0. The van der Waals surface area contributed by atoms with E-state index in [0.717, 1.165) is 29.4 Å². The van der Waals surface area contributed by atoms with E-state index >= 15 is 0 Å². The minimum absolute atomic E-state index is 0.0805. The third-order valence-electron chi connectivity index (χ3n) is 5.82. The predicted octanol–water partition coefficient (Wildman–Crippen LogP) is 0.419. The molecule has 172 valence electrons. The molecule has 1 amide bonds. The smallest absolute Gasteiger partial charge is 0.241 e. The standard InChI is InChI=1S/C24H27N5O3S/c25-23(26)20-7-3-4-17(14-20)15-22(24(30)29-12-10-27-11-13-29)28-33(31,32)21-9-8-18-5-1-2-6-19(18)16-21/h1-9,14,16,22,27-28H,10-13,15H2,(H3,25,26)/p+1. The maximum absolute atomic E-state index is 13.4. The van der Waals surface area contributed by atoms with Gasteiger partial charge in [-0.15, -0.1) is 0 Å². The van der Waals surface area contributed by atoms with Gasteiger partial charge in [-0.25, -0.2) is 8.42 Å². The fourth-order valence-electron chi connectivity index (χ4n) is 4.06. The number of rotatable bonds is 7. The number of hydrogen-bond donors (Lipinski definition) is 4. The quantitative estimate of drug-likeness (QED) is 0.297. The van der Waals surface area contributed by atoms with E-state index in [2.05, 4.69) is 10.0 Å². The normalized spacial score (nSPS) is 15.3. The van der Waals surface area contributed by atoms with E-state index in [9.17, 15) is 13.2 Å². The van der Waals surface area contributed by atoms with Gasteiger partial charge < -0.3 is 16.0 Å². The molecule has 0 saturated carbocycles. The SMILES string of the molecule is N=C(N)c1cccc(CC(NS(=O)(=O)c2ccc3ccccc3c2)C(=O)N2CC[NH2+]CC2)c1. The minimum Gasteiger partial charge on any atom is -0.384 e. The Kier molecular flexibility index (Phi) is 6.73. The summed E-state index contributed by atoms with van der Waals surface area (Å²) in [6, 6.07) is 18.5. The van der Waals surface area contributed by atoms with Crippen LogP contribution in [0.2, 0.25) is 0 Å². The van der Waals surface area contributed by atoms with Gasteiger partial charge in [-0.3, -0.25) is 10.2 Å². The zero-order valence-corrected chi connectivity index (χ0v) is 19.0. The first-order valence-electron chi connectivity index (χ1n) is 10.9. The van der Waals surface area contributed by atoms with Gasteiger partial charge in [0.2, 0.25) is 15.9 Å². The van der Waals surface area contributed by atoms with Gasteiger partial charge in [-0.1, -0.05) is 48.5 Å². The van der Waals surface area contributed by atoms with Crippen molar-refractivity contribution in [1.29, 1.82) is 5.41 Å². The Bertz CT molecular complexity index is 1290. The third kappa shape index (κ3) is 5.39. The highest BCUT2D eigenvalue weighted by Gasteiger charge is 2.31. The molecule has 1 aliphatic rings. The number of nitrogens with zero attached hydrogens (tertiary/aromatic N) is 1. The molecule has 1 atom stereocenters. The van der Waals surface area contributed by atoms with Crippen LogP contribution < -0.4 is 15.8 Å². The molecule has 1 fully saturated rings. The molecule has 1 aliphatic heterocycles. The highest BCUT2D eigenvalue weighted by Crippen LogP contribution is 2.20. The second-order valence-corrected chi connectivity index (χ2v) is 9.91. The van der Waals surface area contributed by atoms with Crippen LogP contribution in [0.5, 0.6) is 0 Å². The molecule has 3 aromatic rings. The van der Waals surface area contributed by atoms with Crippen LogP contribution in [0.15, 0.2) is 71.6 Å². The molecule has 4 rings (SSSR count). The molecule has 0 spiro atoms. The largest absolute Gasteiger partial charge is 0.384 e. The van der Waals surface area contributed by atoms with Crippen LogP contribution in [0.4, 0.5) is 0 Å². The lowest BCUT2D eigenvalue weighted by Crippen LogP contribution is -2.90. The van der Waals surface area contributed by atoms with Crippen molar-refractivity contribution >= 4 is 32.5 Å². The molecule has 1 saturated heterocycles. The summed E-state index contributed by atoms with van der Waals surface area (Å²) < 4.78 is 29.2. The number of amides is 1. The van der Waals surface area contributed by atoms with Crippen molar-refractivity contribution in [2.45, 2.75) is 17.4 Å². The van der Waals surface area contributed by atoms with E-state index in [1.807, 2.05) is 24.3 Å². The summed E-state index contributed by atoms with van der Waals surface area (Å²) in [5, 5.41) is 11.6. The van der Waals surface area contributed by atoms with Crippen molar-refractivity contribution in [3.8, 4) is 0 Å². The fourth-order valence-corrected chi connectivity index (χ4v) is 5.29. The molecule has 0 radical (unpaired) electrons. The number of amidine groups is 1. The summed E-state index contributed by atoms with van der Waals surface area (Å²) in [6.45, 7) is 2.71. The van der Waals surface area contributed by atoms with E-state index in [4.69, 9.17) is 11.1 Å². The number of carbonyl (C=O) groups is 1. The summed E-state index contributed by atoms with van der Waals surface area (Å²) in [7, 11) is -3.95. The van der Waals surface area contributed by atoms with Gasteiger partial charge in [0.05, 0.1) is 31.1 Å². The second-order valence-electron chi connectivity index (χ2n) is 8.19. The summed E-state index contributed by atoms with van der Waals surface area (Å²) in [4.78, 5) is 15.2. The van der Waals surface area contributed by atoms with E-state index in [1.165, 1.54) is 0 Å². The number of benzene rings is 3. The van der Waals surface area contributed by atoms with Crippen LogP contribution in [0, 0.1) is 5.41 Å². The Labute approximate surface area is 193 Å². The number of piperazine rings is 1. The van der Waals surface area contributed by atoms with Crippen LogP contribution in [-0.2, 0) is 21.2 Å². The summed E-state index contributed by atoms with van der Waals surface area (Å²) in [6.07, 6.45) is 0.160. The summed E-state index contributed by atoms with van der Waals surface area (Å²) in [5.41, 5.74) is 6.87. The number of quaternary nitrogens is 1. The first-order chi connectivity index (χ1) is 15.8. The molecule has 0 bridgehead atoms. The number of nitrogens with one attached hydrogen (secondary N) is 2.